The SMILES string of the molecule is CC(C)(C)OC(=O)N1CCC(/C=C/S(=O)(=O)c2ccc(Cl)cc2)CC1. The lowest BCUT2D eigenvalue weighted by molar-refractivity contribution is 0.0197. The number of benzene rings is 1. The summed E-state index contributed by atoms with van der Waals surface area (Å²) in [5.41, 5.74) is -0.513. The molecule has 0 radical (unpaired) electrons. The van der Waals surface area contributed by atoms with Crippen LogP contribution in [0.2, 0.25) is 5.02 Å². The molecule has 0 spiro atoms. The third-order valence-electron chi connectivity index (χ3n) is 3.86. The van der Waals surface area contributed by atoms with Crippen LogP contribution in [0.3, 0.4) is 0 Å². The number of sulfone groups is 1. The molecular weight excluding hydrogens is 362 g/mol. The minimum absolute atomic E-state index is 0.126. The highest BCUT2D eigenvalue weighted by atomic mass is 35.5. The third-order valence-corrected chi connectivity index (χ3v) is 5.56. The second kappa shape index (κ2) is 7.79. The average Bonchev–Trinajstić information content (AvgIpc) is 2.52. The number of amides is 1. The number of rotatable bonds is 3. The number of hydrogen-bond donors (Lipinski definition) is 0. The van der Waals surface area contributed by atoms with E-state index in [4.69, 9.17) is 16.3 Å². The van der Waals surface area contributed by atoms with Gasteiger partial charge in [-0.2, -0.15) is 0 Å². The van der Waals surface area contributed by atoms with Crippen LogP contribution in [0.25, 0.3) is 0 Å². The van der Waals surface area contributed by atoms with Gasteiger partial charge in [0.1, 0.15) is 5.60 Å². The summed E-state index contributed by atoms with van der Waals surface area (Å²) in [6, 6.07) is 6.10. The Morgan fingerprint density at radius 1 is 1.20 bits per heavy atom. The lowest BCUT2D eigenvalue weighted by atomic mass is 9.97. The van der Waals surface area contributed by atoms with Crippen LogP contribution in [-0.2, 0) is 14.6 Å². The van der Waals surface area contributed by atoms with Gasteiger partial charge in [-0.15, -0.1) is 0 Å². The lowest BCUT2D eigenvalue weighted by Gasteiger charge is -2.32. The second-order valence-corrected chi connectivity index (χ2v) is 9.40. The molecule has 1 aliphatic heterocycles. The van der Waals surface area contributed by atoms with Crippen molar-refractivity contribution < 1.29 is 17.9 Å². The number of allylic oxidation sites excluding steroid dienone is 1. The summed E-state index contributed by atoms with van der Waals surface area (Å²) in [5.74, 6) is 0.126. The highest BCUT2D eigenvalue weighted by Gasteiger charge is 2.26. The van der Waals surface area contributed by atoms with Gasteiger partial charge < -0.3 is 9.64 Å². The summed E-state index contributed by atoms with van der Waals surface area (Å²) < 4.78 is 30.0. The van der Waals surface area contributed by atoms with Crippen LogP contribution < -0.4 is 0 Å². The first kappa shape index (κ1) is 19.8. The Bertz CT molecular complexity index is 727. The van der Waals surface area contributed by atoms with Crippen molar-refractivity contribution in [1.82, 2.24) is 4.90 Å². The van der Waals surface area contributed by atoms with Crippen molar-refractivity contribution in [1.29, 1.82) is 0 Å². The van der Waals surface area contributed by atoms with Crippen LogP contribution in [0, 0.1) is 5.92 Å². The van der Waals surface area contributed by atoms with Crippen LogP contribution in [0.1, 0.15) is 33.6 Å². The molecule has 1 saturated heterocycles. The average molecular weight is 386 g/mol. The van der Waals surface area contributed by atoms with E-state index < -0.39 is 15.4 Å². The number of hydrogen-bond acceptors (Lipinski definition) is 4. The van der Waals surface area contributed by atoms with E-state index in [0.29, 0.717) is 31.0 Å². The van der Waals surface area contributed by atoms with Gasteiger partial charge in [-0.3, -0.25) is 0 Å². The molecule has 1 aromatic rings. The standard InChI is InChI=1S/C18H24ClNO4S/c1-18(2,3)24-17(21)20-11-8-14(9-12-20)10-13-25(22,23)16-6-4-15(19)5-7-16/h4-7,10,13-14H,8-9,11-12H2,1-3H3/b13-10+. The highest BCUT2D eigenvalue weighted by Crippen LogP contribution is 2.22. The van der Waals surface area contributed by atoms with E-state index >= 15 is 0 Å². The monoisotopic (exact) mass is 385 g/mol. The molecule has 0 atom stereocenters. The molecule has 0 aromatic heterocycles. The van der Waals surface area contributed by atoms with Crippen molar-refractivity contribution in [3.8, 4) is 0 Å². The van der Waals surface area contributed by atoms with Crippen molar-refractivity contribution in [2.75, 3.05) is 13.1 Å². The zero-order chi connectivity index (χ0) is 18.7. The first-order valence-corrected chi connectivity index (χ1v) is 10.2. The zero-order valence-corrected chi connectivity index (χ0v) is 16.3. The van der Waals surface area contributed by atoms with Gasteiger partial charge in [-0.1, -0.05) is 17.7 Å². The van der Waals surface area contributed by atoms with Crippen molar-refractivity contribution in [3.63, 3.8) is 0 Å². The maximum Gasteiger partial charge on any atom is 0.410 e. The van der Waals surface area contributed by atoms with Crippen molar-refractivity contribution in [2.45, 2.75) is 44.1 Å². The molecule has 25 heavy (non-hydrogen) atoms. The number of halogens is 1. The summed E-state index contributed by atoms with van der Waals surface area (Å²) in [4.78, 5) is 13.9. The van der Waals surface area contributed by atoms with Crippen molar-refractivity contribution >= 4 is 27.5 Å². The molecule has 0 saturated carbocycles. The van der Waals surface area contributed by atoms with Gasteiger partial charge in [0.25, 0.3) is 0 Å². The number of nitrogens with zero attached hydrogens (tertiary/aromatic N) is 1. The zero-order valence-electron chi connectivity index (χ0n) is 14.7. The molecule has 1 aliphatic rings. The van der Waals surface area contributed by atoms with Crippen LogP contribution in [0.4, 0.5) is 4.79 Å². The normalized spacial score (nSPS) is 17.0. The molecule has 0 aliphatic carbocycles. The largest absolute Gasteiger partial charge is 0.444 e. The quantitative estimate of drug-likeness (QED) is 0.779. The molecule has 7 heteroatoms. The van der Waals surface area contributed by atoms with Gasteiger partial charge in [-0.25, -0.2) is 13.2 Å². The molecule has 1 amide bonds. The van der Waals surface area contributed by atoms with Gasteiger partial charge in [0.05, 0.1) is 4.90 Å². The first-order chi connectivity index (χ1) is 11.6. The second-order valence-electron chi connectivity index (χ2n) is 7.13. The molecule has 2 rings (SSSR count). The van der Waals surface area contributed by atoms with Crippen molar-refractivity contribution in [2.24, 2.45) is 5.92 Å². The van der Waals surface area contributed by atoms with Gasteiger partial charge in [0, 0.05) is 23.5 Å². The van der Waals surface area contributed by atoms with E-state index in [0.717, 1.165) is 0 Å². The van der Waals surface area contributed by atoms with Gasteiger partial charge in [0.15, 0.2) is 9.84 Å². The van der Waals surface area contributed by atoms with Crippen LogP contribution in [0.15, 0.2) is 40.6 Å². The van der Waals surface area contributed by atoms with E-state index in [2.05, 4.69) is 0 Å². The van der Waals surface area contributed by atoms with Crippen LogP contribution in [-0.4, -0.2) is 38.1 Å². The fourth-order valence-corrected chi connectivity index (χ4v) is 3.75. The fraction of sp³-hybridized carbons (Fsp3) is 0.500. The Morgan fingerprint density at radius 2 is 1.76 bits per heavy atom. The molecule has 0 bridgehead atoms. The van der Waals surface area contributed by atoms with Gasteiger partial charge in [-0.05, 0) is 63.8 Å². The van der Waals surface area contributed by atoms with Gasteiger partial charge >= 0.3 is 6.09 Å². The molecule has 0 N–H and O–H groups in total. The van der Waals surface area contributed by atoms with E-state index in [1.165, 1.54) is 17.5 Å². The van der Waals surface area contributed by atoms with E-state index in [1.54, 1.807) is 23.1 Å². The number of likely N-dealkylation sites (tertiary alicyclic amines) is 1. The molecule has 0 unspecified atom stereocenters. The molecule has 5 nitrogen and oxygen atoms in total. The smallest absolute Gasteiger partial charge is 0.410 e. The number of piperidine rings is 1. The van der Waals surface area contributed by atoms with Crippen molar-refractivity contribution in [3.05, 3.63) is 40.8 Å². The van der Waals surface area contributed by atoms with Crippen LogP contribution >= 0.6 is 11.6 Å². The Kier molecular flexibility index (Phi) is 6.16. The summed E-state index contributed by atoms with van der Waals surface area (Å²) in [5, 5.41) is 1.75. The molecule has 1 fully saturated rings. The summed E-state index contributed by atoms with van der Waals surface area (Å²) in [6.07, 6.45) is 2.83. The Balaban J connectivity index is 1.92. The topological polar surface area (TPSA) is 63.7 Å². The predicted molar refractivity (Wildman–Crippen MR) is 98.3 cm³/mol. The minimum atomic E-state index is -3.47. The maximum absolute atomic E-state index is 12.3. The van der Waals surface area contributed by atoms with E-state index in [-0.39, 0.29) is 16.9 Å². The van der Waals surface area contributed by atoms with Crippen LogP contribution in [0.5, 0.6) is 0 Å². The Labute approximate surface area is 154 Å². The molecule has 138 valence electrons. The minimum Gasteiger partial charge on any atom is -0.444 e. The first-order valence-electron chi connectivity index (χ1n) is 8.24. The molecule has 1 aromatic carbocycles. The molecular formula is C18H24ClNO4S. The van der Waals surface area contributed by atoms with Gasteiger partial charge in [0.2, 0.25) is 0 Å². The highest BCUT2D eigenvalue weighted by molar-refractivity contribution is 7.94. The maximum atomic E-state index is 12.3. The summed E-state index contributed by atoms with van der Waals surface area (Å²) in [6.45, 7) is 6.63. The summed E-state index contributed by atoms with van der Waals surface area (Å²) >= 11 is 5.78. The van der Waals surface area contributed by atoms with E-state index in [1.807, 2.05) is 20.8 Å². The third kappa shape index (κ3) is 6.04. The predicted octanol–water partition coefficient (Wildman–Crippen LogP) is 4.27. The Morgan fingerprint density at radius 3 is 2.28 bits per heavy atom. The number of carbonyl (C=O) groups is 1. The number of ether oxygens (including phenoxy) is 1. The van der Waals surface area contributed by atoms with E-state index in [9.17, 15) is 13.2 Å². The molecule has 1 heterocycles. The lowest BCUT2D eigenvalue weighted by Crippen LogP contribution is -2.41. The number of carbonyl (C=O) groups excluding carboxylic acids is 1. The fourth-order valence-electron chi connectivity index (χ4n) is 2.52. The summed E-state index contributed by atoms with van der Waals surface area (Å²) in [7, 11) is -3.47. The Hall–Kier alpha value is -1.53.